The molecule has 1 aromatic carbocycles. The Hall–Kier alpha value is -1.80. The molecule has 1 aromatic heterocycles. The lowest BCUT2D eigenvalue weighted by atomic mass is 10.2. The molecule has 0 aliphatic heterocycles. The highest BCUT2D eigenvalue weighted by molar-refractivity contribution is 8.01. The molecule has 0 bridgehead atoms. The van der Waals surface area contributed by atoms with Gasteiger partial charge in [-0.05, 0) is 18.6 Å². The zero-order valence-electron chi connectivity index (χ0n) is 13.9. The van der Waals surface area contributed by atoms with Crippen LogP contribution in [-0.2, 0) is 4.79 Å². The average Bonchev–Trinajstić information content (AvgIpc) is 3.04. The van der Waals surface area contributed by atoms with Gasteiger partial charge in [0.15, 0.2) is 4.34 Å². The van der Waals surface area contributed by atoms with Crippen molar-refractivity contribution >= 4 is 39.8 Å². The number of methoxy groups -OCH3 is 1. The second-order valence-corrected chi connectivity index (χ2v) is 7.28. The Balaban J connectivity index is 1.77. The first-order chi connectivity index (χ1) is 11.7. The summed E-state index contributed by atoms with van der Waals surface area (Å²) in [6, 6.07) is 7.60. The molecule has 0 spiro atoms. The van der Waals surface area contributed by atoms with Crippen LogP contribution in [-0.4, -0.2) is 35.5 Å². The number of carbonyl (C=O) groups excluding carboxylic acids is 1. The smallest absolute Gasteiger partial charge is 0.230 e. The summed E-state index contributed by atoms with van der Waals surface area (Å²) >= 11 is 2.82. The molecular formula is C16H22N4O2S2. The van der Waals surface area contributed by atoms with E-state index in [1.165, 1.54) is 23.1 Å². The Kier molecular flexibility index (Phi) is 7.84. The summed E-state index contributed by atoms with van der Waals surface area (Å²) in [6.07, 6.45) is 3.32. The molecule has 0 atom stereocenters. The van der Waals surface area contributed by atoms with Gasteiger partial charge in [0.2, 0.25) is 11.0 Å². The fourth-order valence-corrected chi connectivity index (χ4v) is 3.53. The number of nitrogens with one attached hydrogen (secondary N) is 2. The molecule has 2 N–H and O–H groups in total. The lowest BCUT2D eigenvalue weighted by molar-refractivity contribution is -0.118. The van der Waals surface area contributed by atoms with E-state index in [9.17, 15) is 4.79 Å². The summed E-state index contributed by atoms with van der Waals surface area (Å²) in [5.74, 6) is 1.17. The predicted molar refractivity (Wildman–Crippen MR) is 99.4 cm³/mol. The molecule has 1 amide bonds. The third kappa shape index (κ3) is 6.37. The predicted octanol–water partition coefficient (Wildman–Crippen LogP) is 3.69. The van der Waals surface area contributed by atoms with Crippen LogP contribution >= 0.6 is 23.1 Å². The fourth-order valence-electron chi connectivity index (χ4n) is 1.92. The number of hydrogen-bond acceptors (Lipinski definition) is 7. The molecule has 0 fully saturated rings. The number of nitrogens with zero attached hydrogens (tertiary/aromatic N) is 2. The first kappa shape index (κ1) is 18.5. The van der Waals surface area contributed by atoms with Crippen LogP contribution in [0.1, 0.15) is 26.2 Å². The van der Waals surface area contributed by atoms with Gasteiger partial charge in [0.05, 0.1) is 12.9 Å². The highest BCUT2D eigenvalue weighted by atomic mass is 32.2. The van der Waals surface area contributed by atoms with E-state index in [2.05, 4.69) is 27.8 Å². The lowest BCUT2D eigenvalue weighted by Gasteiger charge is -2.04. The summed E-state index contributed by atoms with van der Waals surface area (Å²) in [4.78, 5) is 11.7. The van der Waals surface area contributed by atoms with Crippen LogP contribution in [0.4, 0.5) is 10.8 Å². The zero-order valence-corrected chi connectivity index (χ0v) is 15.5. The summed E-state index contributed by atoms with van der Waals surface area (Å²) in [5.41, 5.74) is 0.885. The Morgan fingerprint density at radius 3 is 3.00 bits per heavy atom. The van der Waals surface area contributed by atoms with E-state index in [-0.39, 0.29) is 5.91 Å². The minimum atomic E-state index is 0.0357. The standard InChI is InChI=1S/C16H22N4O2S2/c1-3-4-5-9-17-14(21)11-23-16-20-19-15(24-16)18-12-7-6-8-13(10-12)22-2/h6-8,10H,3-5,9,11H2,1-2H3,(H,17,21)(H,18,19). The fraction of sp³-hybridized carbons (Fsp3) is 0.438. The molecule has 24 heavy (non-hydrogen) atoms. The van der Waals surface area contributed by atoms with Crippen molar-refractivity contribution < 1.29 is 9.53 Å². The average molecular weight is 367 g/mol. The van der Waals surface area contributed by atoms with Crippen LogP contribution in [0.15, 0.2) is 28.6 Å². The van der Waals surface area contributed by atoms with E-state index in [1.54, 1.807) is 7.11 Å². The first-order valence-electron chi connectivity index (χ1n) is 7.85. The van der Waals surface area contributed by atoms with Crippen molar-refractivity contribution in [2.45, 2.75) is 30.5 Å². The van der Waals surface area contributed by atoms with Crippen LogP contribution in [0.5, 0.6) is 5.75 Å². The molecule has 8 heteroatoms. The van der Waals surface area contributed by atoms with Gasteiger partial charge in [-0.3, -0.25) is 4.79 Å². The second kappa shape index (κ2) is 10.1. The van der Waals surface area contributed by atoms with Gasteiger partial charge in [0.1, 0.15) is 5.75 Å². The molecule has 6 nitrogen and oxygen atoms in total. The van der Waals surface area contributed by atoms with Crippen molar-refractivity contribution in [1.29, 1.82) is 0 Å². The van der Waals surface area contributed by atoms with E-state index in [0.29, 0.717) is 10.9 Å². The third-order valence-electron chi connectivity index (χ3n) is 3.16. The van der Waals surface area contributed by atoms with E-state index < -0.39 is 0 Å². The summed E-state index contributed by atoms with van der Waals surface area (Å²) < 4.78 is 5.96. The molecule has 0 unspecified atom stereocenters. The van der Waals surface area contributed by atoms with Gasteiger partial charge in [-0.1, -0.05) is 48.9 Å². The Morgan fingerprint density at radius 2 is 2.21 bits per heavy atom. The third-order valence-corrected chi connectivity index (χ3v) is 5.13. The first-order valence-corrected chi connectivity index (χ1v) is 9.65. The van der Waals surface area contributed by atoms with Gasteiger partial charge in [-0.2, -0.15) is 0 Å². The molecule has 2 aromatic rings. The molecule has 0 aliphatic rings. The number of rotatable bonds is 10. The van der Waals surface area contributed by atoms with Gasteiger partial charge in [0, 0.05) is 18.3 Å². The van der Waals surface area contributed by atoms with Gasteiger partial charge in [-0.15, -0.1) is 10.2 Å². The number of aromatic nitrogens is 2. The number of thioether (sulfide) groups is 1. The highest BCUT2D eigenvalue weighted by Crippen LogP contribution is 2.28. The quantitative estimate of drug-likeness (QED) is 0.493. The van der Waals surface area contributed by atoms with Crippen molar-refractivity contribution in [2.24, 2.45) is 0 Å². The number of benzene rings is 1. The van der Waals surface area contributed by atoms with E-state index >= 15 is 0 Å². The summed E-state index contributed by atoms with van der Waals surface area (Å²) in [6.45, 7) is 2.89. The van der Waals surface area contributed by atoms with E-state index in [1.807, 2.05) is 24.3 Å². The Labute approximate surface area is 150 Å². The molecular weight excluding hydrogens is 344 g/mol. The normalized spacial score (nSPS) is 10.4. The van der Waals surface area contributed by atoms with Gasteiger partial charge < -0.3 is 15.4 Å². The minimum Gasteiger partial charge on any atom is -0.497 e. The Morgan fingerprint density at radius 1 is 1.33 bits per heavy atom. The van der Waals surface area contributed by atoms with Crippen molar-refractivity contribution in [2.75, 3.05) is 24.7 Å². The number of ether oxygens (including phenoxy) is 1. The van der Waals surface area contributed by atoms with Crippen LogP contribution in [0.3, 0.4) is 0 Å². The van der Waals surface area contributed by atoms with Crippen LogP contribution in [0, 0.1) is 0 Å². The molecule has 0 saturated heterocycles. The number of hydrogen-bond donors (Lipinski definition) is 2. The highest BCUT2D eigenvalue weighted by Gasteiger charge is 2.08. The number of anilines is 2. The lowest BCUT2D eigenvalue weighted by Crippen LogP contribution is -2.26. The maximum Gasteiger partial charge on any atom is 0.230 e. The van der Waals surface area contributed by atoms with E-state index in [4.69, 9.17) is 4.74 Å². The van der Waals surface area contributed by atoms with Crippen molar-refractivity contribution in [3.63, 3.8) is 0 Å². The van der Waals surface area contributed by atoms with Crippen molar-refractivity contribution in [3.05, 3.63) is 24.3 Å². The molecule has 1 heterocycles. The molecule has 2 rings (SSSR count). The van der Waals surface area contributed by atoms with Crippen LogP contribution < -0.4 is 15.4 Å². The number of amides is 1. The molecule has 0 radical (unpaired) electrons. The maximum atomic E-state index is 11.7. The maximum absolute atomic E-state index is 11.7. The van der Waals surface area contributed by atoms with Gasteiger partial charge in [0.25, 0.3) is 0 Å². The summed E-state index contributed by atoms with van der Waals surface area (Å²) in [7, 11) is 1.63. The molecule has 130 valence electrons. The molecule has 0 saturated carbocycles. The van der Waals surface area contributed by atoms with Crippen LogP contribution in [0.25, 0.3) is 0 Å². The number of unbranched alkanes of at least 4 members (excludes halogenated alkanes) is 2. The SMILES string of the molecule is CCCCCNC(=O)CSc1nnc(Nc2cccc(OC)c2)s1. The molecule has 0 aliphatic carbocycles. The monoisotopic (exact) mass is 366 g/mol. The van der Waals surface area contributed by atoms with Crippen LogP contribution in [0.2, 0.25) is 0 Å². The topological polar surface area (TPSA) is 76.1 Å². The zero-order chi connectivity index (χ0) is 17.2. The summed E-state index contributed by atoms with van der Waals surface area (Å²) in [5, 5.41) is 15.0. The van der Waals surface area contributed by atoms with Crippen molar-refractivity contribution in [1.82, 2.24) is 15.5 Å². The van der Waals surface area contributed by atoms with E-state index in [0.717, 1.165) is 41.6 Å². The van der Waals surface area contributed by atoms with Gasteiger partial charge in [-0.25, -0.2) is 0 Å². The van der Waals surface area contributed by atoms with Gasteiger partial charge >= 0.3 is 0 Å². The van der Waals surface area contributed by atoms with Crippen molar-refractivity contribution in [3.8, 4) is 5.75 Å². The number of carbonyl (C=O) groups is 1. The Bertz CT molecular complexity index is 649. The minimum absolute atomic E-state index is 0.0357. The second-order valence-electron chi connectivity index (χ2n) is 5.08. The largest absolute Gasteiger partial charge is 0.497 e.